The first-order chi connectivity index (χ1) is 9.10. The van der Waals surface area contributed by atoms with E-state index < -0.39 is 0 Å². The molecule has 0 aliphatic carbocycles. The second-order valence-corrected chi connectivity index (χ2v) is 6.38. The number of amides is 1. The maximum Gasteiger partial charge on any atom is 0.233 e. The summed E-state index contributed by atoms with van der Waals surface area (Å²) < 4.78 is 0. The minimum Gasteiger partial charge on any atom is -0.339 e. The highest BCUT2D eigenvalue weighted by Crippen LogP contribution is 2.25. The molecule has 0 saturated carbocycles. The molecule has 2 unspecified atom stereocenters. The molecule has 0 bridgehead atoms. The molecule has 2 atom stereocenters. The number of hydrogen-bond donors (Lipinski definition) is 1. The van der Waals surface area contributed by atoms with Gasteiger partial charge in [-0.3, -0.25) is 4.79 Å². The summed E-state index contributed by atoms with van der Waals surface area (Å²) >= 11 is 1.61. The molecule has 4 heteroatoms. The molecule has 1 fully saturated rings. The highest BCUT2D eigenvalue weighted by Gasteiger charge is 2.31. The van der Waals surface area contributed by atoms with Gasteiger partial charge in [0.25, 0.3) is 0 Å². The summed E-state index contributed by atoms with van der Waals surface area (Å²) in [5, 5.41) is 0. The summed E-state index contributed by atoms with van der Waals surface area (Å²) in [6.45, 7) is 5.69. The highest BCUT2D eigenvalue weighted by atomic mass is 32.2. The van der Waals surface area contributed by atoms with Gasteiger partial charge in [-0.05, 0) is 44.9 Å². The van der Waals surface area contributed by atoms with E-state index >= 15 is 0 Å². The van der Waals surface area contributed by atoms with Crippen molar-refractivity contribution in [2.45, 2.75) is 31.2 Å². The zero-order valence-electron chi connectivity index (χ0n) is 11.6. The van der Waals surface area contributed by atoms with Gasteiger partial charge in [-0.25, -0.2) is 0 Å². The molecule has 0 spiro atoms. The Labute approximate surface area is 119 Å². The number of thioether (sulfide) groups is 1. The van der Waals surface area contributed by atoms with Gasteiger partial charge in [0.05, 0.1) is 5.75 Å². The lowest BCUT2D eigenvalue weighted by molar-refractivity contribution is -0.128. The van der Waals surface area contributed by atoms with E-state index in [-0.39, 0.29) is 5.91 Å². The van der Waals surface area contributed by atoms with E-state index in [2.05, 4.69) is 38.1 Å². The van der Waals surface area contributed by atoms with Crippen LogP contribution >= 0.6 is 11.8 Å². The summed E-state index contributed by atoms with van der Waals surface area (Å²) in [4.78, 5) is 15.4. The number of carbonyl (C=O) groups excluding carboxylic acids is 1. The van der Waals surface area contributed by atoms with E-state index in [1.54, 1.807) is 11.8 Å². The molecule has 0 radical (unpaired) electrons. The van der Waals surface area contributed by atoms with Gasteiger partial charge in [-0.2, -0.15) is 0 Å². The Morgan fingerprint density at radius 1 is 1.42 bits per heavy atom. The van der Waals surface area contributed by atoms with Crippen molar-refractivity contribution in [1.82, 2.24) is 4.90 Å². The van der Waals surface area contributed by atoms with Crippen LogP contribution in [0.4, 0.5) is 0 Å². The van der Waals surface area contributed by atoms with Gasteiger partial charge in [0.2, 0.25) is 5.91 Å². The third-order valence-corrected chi connectivity index (χ3v) is 4.70. The van der Waals surface area contributed by atoms with Gasteiger partial charge < -0.3 is 10.6 Å². The van der Waals surface area contributed by atoms with Gasteiger partial charge >= 0.3 is 0 Å². The van der Waals surface area contributed by atoms with Gasteiger partial charge in [-0.1, -0.05) is 17.7 Å². The summed E-state index contributed by atoms with van der Waals surface area (Å²) in [5.74, 6) is 1.22. The standard InChI is InChI=1S/C15H22N2OS/c1-11-3-5-14(6-4-11)19-10-15(18)17-9-13(8-16)7-12(17)2/h3-6,12-13H,7-10,16H2,1-2H3. The summed E-state index contributed by atoms with van der Waals surface area (Å²) in [6, 6.07) is 8.64. The van der Waals surface area contributed by atoms with E-state index in [0.717, 1.165) is 17.9 Å². The Morgan fingerprint density at radius 2 is 2.11 bits per heavy atom. The first-order valence-corrected chi connectivity index (χ1v) is 7.77. The quantitative estimate of drug-likeness (QED) is 0.860. The smallest absolute Gasteiger partial charge is 0.233 e. The first-order valence-electron chi connectivity index (χ1n) is 6.79. The highest BCUT2D eigenvalue weighted by molar-refractivity contribution is 8.00. The number of benzene rings is 1. The fourth-order valence-corrected chi connectivity index (χ4v) is 3.31. The fraction of sp³-hybridized carbons (Fsp3) is 0.533. The van der Waals surface area contributed by atoms with Crippen molar-refractivity contribution in [2.75, 3.05) is 18.8 Å². The first kappa shape index (κ1) is 14.4. The van der Waals surface area contributed by atoms with Crippen LogP contribution in [0.15, 0.2) is 29.2 Å². The molecule has 1 aromatic carbocycles. The molecule has 1 aliphatic heterocycles. The molecule has 19 heavy (non-hydrogen) atoms. The van der Waals surface area contributed by atoms with Crippen LogP contribution in [0.1, 0.15) is 18.9 Å². The monoisotopic (exact) mass is 278 g/mol. The second-order valence-electron chi connectivity index (χ2n) is 5.33. The lowest BCUT2D eigenvalue weighted by atomic mass is 10.1. The van der Waals surface area contributed by atoms with Crippen LogP contribution in [0.25, 0.3) is 0 Å². The van der Waals surface area contributed by atoms with Crippen molar-refractivity contribution in [3.8, 4) is 0 Å². The number of likely N-dealkylation sites (tertiary alicyclic amines) is 1. The van der Waals surface area contributed by atoms with E-state index in [0.29, 0.717) is 24.3 Å². The number of hydrogen-bond acceptors (Lipinski definition) is 3. The van der Waals surface area contributed by atoms with Gasteiger partial charge in [0.1, 0.15) is 0 Å². The Morgan fingerprint density at radius 3 is 2.68 bits per heavy atom. The molecule has 1 amide bonds. The third-order valence-electron chi connectivity index (χ3n) is 3.70. The van der Waals surface area contributed by atoms with Gasteiger partial charge in [0, 0.05) is 17.5 Å². The van der Waals surface area contributed by atoms with Crippen LogP contribution < -0.4 is 5.73 Å². The largest absolute Gasteiger partial charge is 0.339 e. The Bertz CT molecular complexity index is 432. The van der Waals surface area contributed by atoms with Gasteiger partial charge in [-0.15, -0.1) is 11.8 Å². The molecule has 2 rings (SSSR count). The minimum absolute atomic E-state index is 0.231. The van der Waals surface area contributed by atoms with E-state index in [9.17, 15) is 4.79 Å². The Balaban J connectivity index is 1.86. The Kier molecular flexibility index (Phi) is 4.88. The number of nitrogens with two attached hydrogens (primary N) is 1. The number of rotatable bonds is 4. The van der Waals surface area contributed by atoms with Crippen LogP contribution in [0, 0.1) is 12.8 Å². The summed E-state index contributed by atoms with van der Waals surface area (Å²) in [6.07, 6.45) is 1.04. The lowest BCUT2D eigenvalue weighted by Gasteiger charge is -2.21. The third kappa shape index (κ3) is 3.74. The molecule has 104 valence electrons. The van der Waals surface area contributed by atoms with Crippen molar-refractivity contribution in [3.05, 3.63) is 29.8 Å². The van der Waals surface area contributed by atoms with Crippen molar-refractivity contribution in [2.24, 2.45) is 11.7 Å². The molecule has 1 heterocycles. The average molecular weight is 278 g/mol. The lowest BCUT2D eigenvalue weighted by Crippen LogP contribution is -2.35. The van der Waals surface area contributed by atoms with E-state index in [4.69, 9.17) is 5.73 Å². The molecule has 1 saturated heterocycles. The van der Waals surface area contributed by atoms with Crippen LogP contribution in [-0.4, -0.2) is 35.7 Å². The van der Waals surface area contributed by atoms with Crippen LogP contribution in [0.5, 0.6) is 0 Å². The summed E-state index contributed by atoms with van der Waals surface area (Å²) in [5.41, 5.74) is 6.94. The maximum absolute atomic E-state index is 12.2. The second kappa shape index (κ2) is 6.44. The predicted octanol–water partition coefficient (Wildman–Crippen LogP) is 2.28. The minimum atomic E-state index is 0.231. The van der Waals surface area contributed by atoms with Crippen LogP contribution in [-0.2, 0) is 4.79 Å². The normalized spacial score (nSPS) is 22.8. The van der Waals surface area contributed by atoms with Crippen molar-refractivity contribution >= 4 is 17.7 Å². The topological polar surface area (TPSA) is 46.3 Å². The molecule has 2 N–H and O–H groups in total. The molecule has 0 aromatic heterocycles. The Hall–Kier alpha value is -1.00. The molecule has 3 nitrogen and oxygen atoms in total. The summed E-state index contributed by atoms with van der Waals surface area (Å²) in [7, 11) is 0. The zero-order valence-corrected chi connectivity index (χ0v) is 12.5. The van der Waals surface area contributed by atoms with E-state index in [1.807, 2.05) is 4.90 Å². The number of aryl methyl sites for hydroxylation is 1. The van der Waals surface area contributed by atoms with Crippen LogP contribution in [0.2, 0.25) is 0 Å². The van der Waals surface area contributed by atoms with Crippen LogP contribution in [0.3, 0.4) is 0 Å². The fourth-order valence-electron chi connectivity index (χ4n) is 2.52. The molecular formula is C15H22N2OS. The number of carbonyl (C=O) groups is 1. The predicted molar refractivity (Wildman–Crippen MR) is 80.2 cm³/mol. The van der Waals surface area contributed by atoms with Crippen molar-refractivity contribution in [3.63, 3.8) is 0 Å². The molecule has 1 aromatic rings. The van der Waals surface area contributed by atoms with Gasteiger partial charge in [0.15, 0.2) is 0 Å². The SMILES string of the molecule is Cc1ccc(SCC(=O)N2CC(CN)CC2C)cc1. The van der Waals surface area contributed by atoms with Crippen molar-refractivity contribution in [1.29, 1.82) is 0 Å². The number of nitrogens with zero attached hydrogens (tertiary/aromatic N) is 1. The zero-order chi connectivity index (χ0) is 13.8. The van der Waals surface area contributed by atoms with Crippen molar-refractivity contribution < 1.29 is 4.79 Å². The average Bonchev–Trinajstić information content (AvgIpc) is 2.79. The molecular weight excluding hydrogens is 256 g/mol. The maximum atomic E-state index is 12.2. The molecule has 1 aliphatic rings. The van der Waals surface area contributed by atoms with E-state index in [1.165, 1.54) is 5.56 Å².